The normalized spacial score (nSPS) is 12.8. The van der Waals surface area contributed by atoms with Crippen molar-refractivity contribution < 1.29 is 22.3 Å². The summed E-state index contributed by atoms with van der Waals surface area (Å²) in [5, 5.41) is 0. The van der Waals surface area contributed by atoms with Gasteiger partial charge >= 0.3 is 6.36 Å². The number of ether oxygens (including phenoxy) is 1. The lowest BCUT2D eigenvalue weighted by Gasteiger charge is -2.15. The smallest absolute Gasteiger partial charge is 0.405 e. The molecule has 0 aliphatic carbocycles. The van der Waals surface area contributed by atoms with Gasteiger partial charge in [-0.2, -0.15) is 0 Å². The first-order valence-electron chi connectivity index (χ1n) is 4.10. The Labute approximate surface area is 95.8 Å². The minimum absolute atomic E-state index is 0. The maximum absolute atomic E-state index is 12.2. The van der Waals surface area contributed by atoms with Crippen molar-refractivity contribution in [2.45, 2.75) is 12.4 Å². The molecule has 0 aromatic heterocycles. The number of alkyl halides is 4. The quantitative estimate of drug-likeness (QED) is 0.847. The number of hydrogen-bond donors (Lipinski definition) is 1. The third kappa shape index (κ3) is 4.24. The van der Waals surface area contributed by atoms with Crippen molar-refractivity contribution in [3.05, 3.63) is 29.8 Å². The maximum Gasteiger partial charge on any atom is 0.573 e. The van der Waals surface area contributed by atoms with E-state index in [1.54, 1.807) is 0 Å². The molecule has 2 N–H and O–H groups in total. The Kier molecular flexibility index (Phi) is 5.53. The Morgan fingerprint density at radius 1 is 1.25 bits per heavy atom. The minimum atomic E-state index is -4.80. The average molecular weight is 260 g/mol. The highest BCUT2D eigenvalue weighted by Gasteiger charge is 2.32. The molecule has 0 heterocycles. The third-order valence-electron chi connectivity index (χ3n) is 1.71. The van der Waals surface area contributed by atoms with Gasteiger partial charge in [-0.15, -0.1) is 25.6 Å². The Bertz CT molecular complexity index is 332. The zero-order valence-electron chi connectivity index (χ0n) is 8.00. The van der Waals surface area contributed by atoms with Crippen molar-refractivity contribution in [2.24, 2.45) is 5.73 Å². The Balaban J connectivity index is 0.00000225. The van der Waals surface area contributed by atoms with Gasteiger partial charge in [0.2, 0.25) is 0 Å². The zero-order chi connectivity index (χ0) is 11.5. The molecule has 1 rings (SSSR count). The average Bonchev–Trinajstić information content (AvgIpc) is 2.15. The van der Waals surface area contributed by atoms with E-state index in [4.69, 9.17) is 5.73 Å². The first-order chi connectivity index (χ1) is 6.94. The molecule has 0 amide bonds. The van der Waals surface area contributed by atoms with E-state index in [1.165, 1.54) is 18.2 Å². The molecule has 0 spiro atoms. The molecule has 0 aliphatic rings. The first-order valence-corrected chi connectivity index (χ1v) is 4.10. The molecule has 0 unspecified atom stereocenters. The van der Waals surface area contributed by atoms with E-state index in [2.05, 4.69) is 4.74 Å². The maximum atomic E-state index is 12.2. The van der Waals surface area contributed by atoms with Gasteiger partial charge in [-0.05, 0) is 6.07 Å². The van der Waals surface area contributed by atoms with Crippen LogP contribution in [0.1, 0.15) is 11.6 Å². The van der Waals surface area contributed by atoms with Crippen molar-refractivity contribution in [1.82, 2.24) is 0 Å². The summed E-state index contributed by atoms with van der Waals surface area (Å²) in [5.41, 5.74) is 5.29. The predicted molar refractivity (Wildman–Crippen MR) is 53.3 cm³/mol. The topological polar surface area (TPSA) is 35.2 Å². The van der Waals surface area contributed by atoms with E-state index in [1.807, 2.05) is 0 Å². The summed E-state index contributed by atoms with van der Waals surface area (Å²) in [6, 6.07) is 4.11. The van der Waals surface area contributed by atoms with Crippen LogP contribution in [0.15, 0.2) is 24.3 Å². The van der Waals surface area contributed by atoms with E-state index in [0.717, 1.165) is 6.07 Å². The summed E-state index contributed by atoms with van der Waals surface area (Å²) in [6.45, 7) is -0.946. The molecule has 2 nitrogen and oxygen atoms in total. The predicted octanol–water partition coefficient (Wildman–Crippen LogP) is 2.98. The zero-order valence-corrected chi connectivity index (χ0v) is 8.82. The summed E-state index contributed by atoms with van der Waals surface area (Å²) >= 11 is 0. The fraction of sp³-hybridized carbons (Fsp3) is 0.333. The largest absolute Gasteiger partial charge is 0.573 e. The molecule has 7 heteroatoms. The van der Waals surface area contributed by atoms with Crippen molar-refractivity contribution >= 4 is 12.4 Å². The van der Waals surface area contributed by atoms with Gasteiger partial charge in [0.1, 0.15) is 12.4 Å². The van der Waals surface area contributed by atoms with Crippen molar-refractivity contribution in [3.8, 4) is 5.75 Å². The second-order valence-electron chi connectivity index (χ2n) is 2.85. The fourth-order valence-electron chi connectivity index (χ4n) is 1.09. The van der Waals surface area contributed by atoms with E-state index < -0.39 is 24.8 Å². The molecule has 1 atom stereocenters. The lowest BCUT2D eigenvalue weighted by atomic mass is 10.1. The van der Waals surface area contributed by atoms with Gasteiger partial charge in [-0.3, -0.25) is 0 Å². The molecule has 92 valence electrons. The van der Waals surface area contributed by atoms with Crippen LogP contribution in [0, 0.1) is 0 Å². The molecule has 0 aliphatic heterocycles. The van der Waals surface area contributed by atoms with Crippen molar-refractivity contribution in [1.29, 1.82) is 0 Å². The number of benzene rings is 1. The van der Waals surface area contributed by atoms with E-state index in [-0.39, 0.29) is 18.0 Å². The van der Waals surface area contributed by atoms with Gasteiger partial charge < -0.3 is 10.5 Å². The number of hydrogen-bond acceptors (Lipinski definition) is 2. The summed E-state index contributed by atoms with van der Waals surface area (Å²) in [5.74, 6) is -0.463. The highest BCUT2D eigenvalue weighted by Crippen LogP contribution is 2.29. The summed E-state index contributed by atoms with van der Waals surface area (Å²) < 4.78 is 51.7. The van der Waals surface area contributed by atoms with Crippen LogP contribution in [0.3, 0.4) is 0 Å². The van der Waals surface area contributed by atoms with Crippen molar-refractivity contribution in [3.63, 3.8) is 0 Å². The molecule has 1 aromatic rings. The number of halogens is 5. The lowest BCUT2D eigenvalue weighted by molar-refractivity contribution is -0.275. The third-order valence-corrected chi connectivity index (χ3v) is 1.71. The van der Waals surface area contributed by atoms with Crippen LogP contribution in [-0.2, 0) is 0 Å². The van der Waals surface area contributed by atoms with Crippen LogP contribution in [0.25, 0.3) is 0 Å². The molecule has 16 heavy (non-hydrogen) atoms. The highest BCUT2D eigenvalue weighted by molar-refractivity contribution is 5.85. The SMILES string of the molecule is Cl.N[C@H](CF)c1ccccc1OC(F)(F)F. The van der Waals surface area contributed by atoms with Crippen LogP contribution >= 0.6 is 12.4 Å². The standard InChI is InChI=1S/C9H9F4NO.ClH/c10-5-7(14)6-3-1-2-4-8(6)15-9(11,12)13;/h1-4,7H,5,14H2;1H/t7-;/m1./s1. The van der Waals surface area contributed by atoms with Crippen LogP contribution in [0.5, 0.6) is 5.75 Å². The Morgan fingerprint density at radius 3 is 2.31 bits per heavy atom. The van der Waals surface area contributed by atoms with E-state index in [9.17, 15) is 17.6 Å². The molecular weight excluding hydrogens is 250 g/mol. The van der Waals surface area contributed by atoms with Gasteiger partial charge in [0, 0.05) is 5.56 Å². The molecular formula is C9H10ClF4NO. The van der Waals surface area contributed by atoms with Crippen molar-refractivity contribution in [2.75, 3.05) is 6.67 Å². The number of rotatable bonds is 3. The Morgan fingerprint density at radius 2 is 1.81 bits per heavy atom. The highest BCUT2D eigenvalue weighted by atomic mass is 35.5. The van der Waals surface area contributed by atoms with Gasteiger partial charge in [-0.25, -0.2) is 4.39 Å². The van der Waals surface area contributed by atoms with Crippen LogP contribution in [0.2, 0.25) is 0 Å². The molecule has 0 saturated carbocycles. The van der Waals surface area contributed by atoms with Crippen LogP contribution in [0.4, 0.5) is 17.6 Å². The molecule has 0 saturated heterocycles. The van der Waals surface area contributed by atoms with Crippen LogP contribution < -0.4 is 10.5 Å². The summed E-state index contributed by atoms with van der Waals surface area (Å²) in [4.78, 5) is 0. The van der Waals surface area contributed by atoms with Gasteiger partial charge in [0.15, 0.2) is 0 Å². The lowest BCUT2D eigenvalue weighted by Crippen LogP contribution is -2.20. The Hall–Kier alpha value is -1.01. The number of para-hydroxylation sites is 1. The molecule has 1 aromatic carbocycles. The van der Waals surface area contributed by atoms with Crippen LogP contribution in [-0.4, -0.2) is 13.0 Å². The van der Waals surface area contributed by atoms with E-state index >= 15 is 0 Å². The summed E-state index contributed by atoms with van der Waals surface area (Å²) in [6.07, 6.45) is -4.80. The second kappa shape index (κ2) is 5.91. The van der Waals surface area contributed by atoms with Gasteiger partial charge in [0.05, 0.1) is 6.04 Å². The monoisotopic (exact) mass is 259 g/mol. The first kappa shape index (κ1) is 15.0. The van der Waals surface area contributed by atoms with Gasteiger partial charge in [0.25, 0.3) is 0 Å². The molecule has 0 fully saturated rings. The van der Waals surface area contributed by atoms with E-state index in [0.29, 0.717) is 0 Å². The fourth-order valence-corrected chi connectivity index (χ4v) is 1.09. The second-order valence-corrected chi connectivity index (χ2v) is 2.85. The molecule has 0 radical (unpaired) electrons. The number of nitrogens with two attached hydrogens (primary N) is 1. The molecule has 0 bridgehead atoms. The van der Waals surface area contributed by atoms with Gasteiger partial charge in [-0.1, -0.05) is 18.2 Å². The minimum Gasteiger partial charge on any atom is -0.405 e. The summed E-state index contributed by atoms with van der Waals surface area (Å²) in [7, 11) is 0.